The number of benzene rings is 2. The van der Waals surface area contributed by atoms with Crippen LogP contribution in [0.25, 0.3) is 0 Å². The molecule has 0 N–H and O–H groups in total. The number of sulfone groups is 1. The Morgan fingerprint density at radius 2 is 1.88 bits per heavy atom. The highest BCUT2D eigenvalue weighted by Crippen LogP contribution is 2.21. The molecule has 0 fully saturated rings. The second kappa shape index (κ2) is 7.32. The van der Waals surface area contributed by atoms with Gasteiger partial charge in [-0.15, -0.1) is 0 Å². The van der Waals surface area contributed by atoms with E-state index in [4.69, 9.17) is 11.6 Å². The molecular formula is C17H17ClFNO3S. The smallest absolute Gasteiger partial charge is 0.253 e. The lowest BCUT2D eigenvalue weighted by molar-refractivity contribution is 0.0784. The second-order valence-electron chi connectivity index (χ2n) is 5.63. The molecule has 0 heterocycles. The van der Waals surface area contributed by atoms with Crippen molar-refractivity contribution in [3.05, 3.63) is 70.0 Å². The fraction of sp³-hybridized carbons (Fsp3) is 0.235. The van der Waals surface area contributed by atoms with Crippen molar-refractivity contribution in [1.82, 2.24) is 4.90 Å². The maximum absolute atomic E-state index is 13.8. The van der Waals surface area contributed by atoms with Gasteiger partial charge in [0.2, 0.25) is 0 Å². The van der Waals surface area contributed by atoms with Crippen molar-refractivity contribution < 1.29 is 17.6 Å². The molecule has 128 valence electrons. The third kappa shape index (κ3) is 4.79. The average molecular weight is 370 g/mol. The molecule has 0 aliphatic carbocycles. The van der Waals surface area contributed by atoms with E-state index in [9.17, 15) is 17.6 Å². The van der Waals surface area contributed by atoms with Crippen LogP contribution in [0.2, 0.25) is 5.02 Å². The van der Waals surface area contributed by atoms with Gasteiger partial charge in [-0.05, 0) is 29.8 Å². The maximum atomic E-state index is 13.8. The number of hydrogen-bond acceptors (Lipinski definition) is 3. The van der Waals surface area contributed by atoms with Crippen LogP contribution in [-0.4, -0.2) is 32.5 Å². The van der Waals surface area contributed by atoms with Crippen LogP contribution >= 0.6 is 11.6 Å². The topological polar surface area (TPSA) is 54.5 Å². The summed E-state index contributed by atoms with van der Waals surface area (Å²) >= 11 is 5.98. The van der Waals surface area contributed by atoms with E-state index in [0.29, 0.717) is 11.1 Å². The number of carbonyl (C=O) groups is 1. The van der Waals surface area contributed by atoms with Crippen LogP contribution in [-0.2, 0) is 22.1 Å². The highest BCUT2D eigenvalue weighted by Gasteiger charge is 2.16. The van der Waals surface area contributed by atoms with Crippen LogP contribution in [0.3, 0.4) is 0 Å². The predicted octanol–water partition coefficient (Wildman–Crippen LogP) is 3.30. The minimum atomic E-state index is -3.19. The molecule has 0 atom stereocenters. The summed E-state index contributed by atoms with van der Waals surface area (Å²) in [4.78, 5) is 13.8. The number of amides is 1. The zero-order valence-corrected chi connectivity index (χ0v) is 14.9. The third-order valence-electron chi connectivity index (χ3n) is 3.41. The van der Waals surface area contributed by atoms with Crippen molar-refractivity contribution in [3.63, 3.8) is 0 Å². The van der Waals surface area contributed by atoms with Crippen LogP contribution in [0, 0.1) is 5.82 Å². The van der Waals surface area contributed by atoms with Gasteiger partial charge >= 0.3 is 0 Å². The van der Waals surface area contributed by atoms with Crippen LogP contribution in [0.5, 0.6) is 0 Å². The summed E-state index contributed by atoms with van der Waals surface area (Å²) in [6.45, 7) is 0.0145. The number of halogens is 2. The maximum Gasteiger partial charge on any atom is 0.253 e. The van der Waals surface area contributed by atoms with Crippen molar-refractivity contribution in [2.75, 3.05) is 13.3 Å². The van der Waals surface area contributed by atoms with Gasteiger partial charge in [-0.3, -0.25) is 4.79 Å². The molecule has 0 saturated heterocycles. The highest BCUT2D eigenvalue weighted by molar-refractivity contribution is 7.89. The van der Waals surface area contributed by atoms with Gasteiger partial charge in [0.05, 0.1) is 5.75 Å². The molecule has 0 saturated carbocycles. The first-order valence-corrected chi connectivity index (χ1v) is 9.56. The Balaban J connectivity index is 2.21. The van der Waals surface area contributed by atoms with Gasteiger partial charge in [0.1, 0.15) is 5.82 Å². The van der Waals surface area contributed by atoms with Crippen LogP contribution in [0.15, 0.2) is 42.5 Å². The molecule has 0 spiro atoms. The quantitative estimate of drug-likeness (QED) is 0.812. The first kappa shape index (κ1) is 18.4. The molecular weight excluding hydrogens is 353 g/mol. The summed E-state index contributed by atoms with van der Waals surface area (Å²) in [5, 5.41) is 0.250. The third-order valence-corrected chi connectivity index (χ3v) is 4.62. The van der Waals surface area contributed by atoms with Gasteiger partial charge in [-0.1, -0.05) is 29.8 Å². The number of nitrogens with zero attached hydrogens (tertiary/aromatic N) is 1. The minimum Gasteiger partial charge on any atom is -0.337 e. The molecule has 0 radical (unpaired) electrons. The predicted molar refractivity (Wildman–Crippen MR) is 92.2 cm³/mol. The van der Waals surface area contributed by atoms with Gasteiger partial charge in [0, 0.05) is 36.0 Å². The molecule has 0 aliphatic heterocycles. The second-order valence-corrected chi connectivity index (χ2v) is 8.18. The molecule has 1 amide bonds. The van der Waals surface area contributed by atoms with Crippen LogP contribution in [0.4, 0.5) is 4.39 Å². The molecule has 0 bridgehead atoms. The van der Waals surface area contributed by atoms with Crippen molar-refractivity contribution in [2.45, 2.75) is 12.3 Å². The Morgan fingerprint density at radius 1 is 1.21 bits per heavy atom. The minimum absolute atomic E-state index is 0.0145. The molecule has 2 aromatic rings. The number of carbonyl (C=O) groups excluding carboxylic acids is 1. The van der Waals surface area contributed by atoms with Gasteiger partial charge in [0.25, 0.3) is 5.91 Å². The first-order chi connectivity index (χ1) is 11.2. The zero-order valence-electron chi connectivity index (χ0n) is 13.3. The standard InChI is InChI=1S/C17H17ClFNO3S/c1-20(10-14-15(18)7-4-8-16(14)19)17(21)13-6-3-5-12(9-13)11-24(2,22)23/h3-9H,10-11H2,1-2H3. The van der Waals surface area contributed by atoms with Crippen molar-refractivity contribution in [1.29, 1.82) is 0 Å². The van der Waals surface area contributed by atoms with E-state index < -0.39 is 15.7 Å². The van der Waals surface area contributed by atoms with Gasteiger partial charge in [-0.2, -0.15) is 0 Å². The normalized spacial score (nSPS) is 11.3. The summed E-state index contributed by atoms with van der Waals surface area (Å²) in [5.74, 6) is -0.964. The van der Waals surface area contributed by atoms with E-state index in [1.165, 1.54) is 30.1 Å². The zero-order chi connectivity index (χ0) is 17.9. The average Bonchev–Trinajstić information content (AvgIpc) is 2.48. The summed E-state index contributed by atoms with van der Waals surface area (Å²) in [6, 6.07) is 10.7. The molecule has 24 heavy (non-hydrogen) atoms. The monoisotopic (exact) mass is 369 g/mol. The van der Waals surface area contributed by atoms with E-state index in [1.807, 2.05) is 0 Å². The van der Waals surface area contributed by atoms with E-state index in [0.717, 1.165) is 6.26 Å². The van der Waals surface area contributed by atoms with E-state index in [2.05, 4.69) is 0 Å². The summed E-state index contributed by atoms with van der Waals surface area (Å²) in [7, 11) is -1.66. The SMILES string of the molecule is CN(Cc1c(F)cccc1Cl)C(=O)c1cccc(CS(C)(=O)=O)c1. The van der Waals surface area contributed by atoms with E-state index in [-0.39, 0.29) is 28.8 Å². The van der Waals surface area contributed by atoms with Gasteiger partial charge in [0.15, 0.2) is 9.84 Å². The van der Waals surface area contributed by atoms with Gasteiger partial charge in [-0.25, -0.2) is 12.8 Å². The molecule has 2 rings (SSSR count). The Kier molecular flexibility index (Phi) is 5.62. The molecule has 4 nitrogen and oxygen atoms in total. The lowest BCUT2D eigenvalue weighted by Crippen LogP contribution is -2.27. The first-order valence-electron chi connectivity index (χ1n) is 7.12. The molecule has 0 aromatic heterocycles. The fourth-order valence-electron chi connectivity index (χ4n) is 2.31. The lowest BCUT2D eigenvalue weighted by atomic mass is 10.1. The molecule has 7 heteroatoms. The Hall–Kier alpha value is -1.92. The van der Waals surface area contributed by atoms with Crippen molar-refractivity contribution >= 4 is 27.3 Å². The van der Waals surface area contributed by atoms with Crippen LogP contribution < -0.4 is 0 Å². The lowest BCUT2D eigenvalue weighted by Gasteiger charge is -2.19. The van der Waals surface area contributed by atoms with Crippen molar-refractivity contribution in [3.8, 4) is 0 Å². The molecule has 0 aliphatic rings. The van der Waals surface area contributed by atoms with Crippen molar-refractivity contribution in [2.24, 2.45) is 0 Å². The summed E-state index contributed by atoms with van der Waals surface area (Å²) in [6.07, 6.45) is 1.13. The van der Waals surface area contributed by atoms with E-state index in [1.54, 1.807) is 24.3 Å². The van der Waals surface area contributed by atoms with Gasteiger partial charge < -0.3 is 4.90 Å². The van der Waals surface area contributed by atoms with E-state index >= 15 is 0 Å². The number of hydrogen-bond donors (Lipinski definition) is 0. The molecule has 2 aromatic carbocycles. The summed E-state index contributed by atoms with van der Waals surface area (Å²) < 4.78 is 36.6. The Bertz CT molecular complexity index is 848. The molecule has 0 unspecified atom stereocenters. The van der Waals surface area contributed by atoms with Crippen LogP contribution in [0.1, 0.15) is 21.5 Å². The Labute approximate surface area is 145 Å². The summed E-state index contributed by atoms with van der Waals surface area (Å²) in [5.41, 5.74) is 1.11. The Morgan fingerprint density at radius 3 is 2.50 bits per heavy atom. The number of rotatable bonds is 5. The highest BCUT2D eigenvalue weighted by atomic mass is 35.5. The fourth-order valence-corrected chi connectivity index (χ4v) is 3.32. The largest absolute Gasteiger partial charge is 0.337 e.